The molecule has 0 radical (unpaired) electrons. The number of rotatable bonds is 6. The molecule has 1 rings (SSSR count). The minimum absolute atomic E-state index is 0.102. The number of carbonyl (C=O) groups is 1. The van der Waals surface area contributed by atoms with E-state index in [1.165, 1.54) is 5.56 Å². The SMILES string of the molecule is Cc1cccc(CNC(=O)NCCCN(C)C)c1. The van der Waals surface area contributed by atoms with E-state index in [1.807, 2.05) is 39.2 Å². The summed E-state index contributed by atoms with van der Waals surface area (Å²) in [7, 11) is 4.05. The van der Waals surface area contributed by atoms with Gasteiger partial charge in [0.2, 0.25) is 0 Å². The highest BCUT2D eigenvalue weighted by Crippen LogP contribution is 2.02. The van der Waals surface area contributed by atoms with Crippen LogP contribution in [0.3, 0.4) is 0 Å². The van der Waals surface area contributed by atoms with Gasteiger partial charge < -0.3 is 15.5 Å². The van der Waals surface area contributed by atoms with E-state index in [-0.39, 0.29) is 6.03 Å². The predicted molar refractivity (Wildman–Crippen MR) is 74.6 cm³/mol. The Bertz CT molecular complexity index is 377. The van der Waals surface area contributed by atoms with Gasteiger partial charge in [-0.05, 0) is 39.5 Å². The van der Waals surface area contributed by atoms with Crippen LogP contribution in [0, 0.1) is 6.92 Å². The molecule has 0 aromatic heterocycles. The fourth-order valence-corrected chi connectivity index (χ4v) is 1.66. The van der Waals surface area contributed by atoms with Crippen molar-refractivity contribution in [2.45, 2.75) is 19.9 Å². The first-order valence-electron chi connectivity index (χ1n) is 6.30. The van der Waals surface area contributed by atoms with Crippen LogP contribution < -0.4 is 10.6 Å². The van der Waals surface area contributed by atoms with Crippen LogP contribution in [-0.4, -0.2) is 38.1 Å². The number of benzene rings is 1. The van der Waals surface area contributed by atoms with Crippen LogP contribution in [0.4, 0.5) is 4.79 Å². The highest BCUT2D eigenvalue weighted by atomic mass is 16.2. The predicted octanol–water partition coefficient (Wildman–Crippen LogP) is 1.75. The third-order valence-electron chi connectivity index (χ3n) is 2.60. The van der Waals surface area contributed by atoms with Gasteiger partial charge >= 0.3 is 6.03 Å². The third kappa shape index (κ3) is 6.25. The normalized spacial score (nSPS) is 10.4. The van der Waals surface area contributed by atoms with Gasteiger partial charge in [0.25, 0.3) is 0 Å². The van der Waals surface area contributed by atoms with Crippen LogP contribution >= 0.6 is 0 Å². The number of nitrogens with one attached hydrogen (secondary N) is 2. The molecule has 0 saturated heterocycles. The van der Waals surface area contributed by atoms with Crippen molar-refractivity contribution in [1.82, 2.24) is 15.5 Å². The average molecular weight is 249 g/mol. The van der Waals surface area contributed by atoms with Gasteiger partial charge in [-0.1, -0.05) is 29.8 Å². The maximum absolute atomic E-state index is 11.5. The van der Waals surface area contributed by atoms with E-state index in [0.717, 1.165) is 18.5 Å². The molecular weight excluding hydrogens is 226 g/mol. The molecule has 18 heavy (non-hydrogen) atoms. The molecule has 0 heterocycles. The Balaban J connectivity index is 2.17. The van der Waals surface area contributed by atoms with Crippen LogP contribution in [0.5, 0.6) is 0 Å². The van der Waals surface area contributed by atoms with Gasteiger partial charge in [0.05, 0.1) is 0 Å². The molecule has 0 fully saturated rings. The van der Waals surface area contributed by atoms with Gasteiger partial charge in [0.15, 0.2) is 0 Å². The number of carbonyl (C=O) groups excluding carboxylic acids is 1. The molecule has 1 aromatic carbocycles. The first-order chi connectivity index (χ1) is 8.58. The van der Waals surface area contributed by atoms with Gasteiger partial charge in [0, 0.05) is 13.1 Å². The second kappa shape index (κ2) is 7.71. The van der Waals surface area contributed by atoms with Crippen molar-refractivity contribution < 1.29 is 4.79 Å². The number of aryl methyl sites for hydroxylation is 1. The number of hydrogen-bond acceptors (Lipinski definition) is 2. The van der Waals surface area contributed by atoms with Gasteiger partial charge in [0.1, 0.15) is 0 Å². The summed E-state index contributed by atoms with van der Waals surface area (Å²) in [6, 6.07) is 8.04. The maximum Gasteiger partial charge on any atom is 0.315 e. The molecule has 1 aromatic rings. The highest BCUT2D eigenvalue weighted by Gasteiger charge is 2.00. The molecular formula is C14H23N3O. The van der Waals surface area contributed by atoms with E-state index in [2.05, 4.69) is 21.6 Å². The Hall–Kier alpha value is -1.55. The van der Waals surface area contributed by atoms with Crippen molar-refractivity contribution >= 4 is 6.03 Å². The van der Waals surface area contributed by atoms with Gasteiger partial charge in [-0.2, -0.15) is 0 Å². The minimum Gasteiger partial charge on any atom is -0.338 e. The van der Waals surface area contributed by atoms with Gasteiger partial charge in [-0.3, -0.25) is 0 Å². The minimum atomic E-state index is -0.102. The molecule has 0 unspecified atom stereocenters. The van der Waals surface area contributed by atoms with E-state index < -0.39 is 0 Å². The summed E-state index contributed by atoms with van der Waals surface area (Å²) in [6.07, 6.45) is 0.963. The summed E-state index contributed by atoms with van der Waals surface area (Å²) < 4.78 is 0. The summed E-state index contributed by atoms with van der Waals surface area (Å²) in [5.41, 5.74) is 2.33. The highest BCUT2D eigenvalue weighted by molar-refractivity contribution is 5.73. The molecule has 0 aliphatic carbocycles. The van der Waals surface area contributed by atoms with E-state index in [4.69, 9.17) is 0 Å². The lowest BCUT2D eigenvalue weighted by Crippen LogP contribution is -2.36. The molecule has 0 saturated carbocycles. The van der Waals surface area contributed by atoms with Crippen molar-refractivity contribution in [1.29, 1.82) is 0 Å². The van der Waals surface area contributed by atoms with Crippen LogP contribution in [0.15, 0.2) is 24.3 Å². The zero-order valence-electron chi connectivity index (χ0n) is 11.5. The van der Waals surface area contributed by atoms with Crippen molar-refractivity contribution in [2.24, 2.45) is 0 Å². The number of hydrogen-bond donors (Lipinski definition) is 2. The second-order valence-corrected chi connectivity index (χ2v) is 4.76. The van der Waals surface area contributed by atoms with E-state index in [1.54, 1.807) is 0 Å². The first kappa shape index (κ1) is 14.5. The number of amides is 2. The summed E-state index contributed by atoms with van der Waals surface area (Å²) in [6.45, 7) is 4.31. The van der Waals surface area contributed by atoms with Crippen molar-refractivity contribution in [3.63, 3.8) is 0 Å². The standard InChI is InChI=1S/C14H23N3O/c1-12-6-4-7-13(10-12)11-16-14(18)15-8-5-9-17(2)3/h4,6-7,10H,5,8-9,11H2,1-3H3,(H2,15,16,18). The lowest BCUT2D eigenvalue weighted by molar-refractivity contribution is 0.240. The second-order valence-electron chi connectivity index (χ2n) is 4.76. The first-order valence-corrected chi connectivity index (χ1v) is 6.30. The molecule has 0 aliphatic rings. The lowest BCUT2D eigenvalue weighted by atomic mass is 10.1. The van der Waals surface area contributed by atoms with Gasteiger partial charge in [-0.25, -0.2) is 4.79 Å². The molecule has 100 valence electrons. The third-order valence-corrected chi connectivity index (χ3v) is 2.60. The largest absolute Gasteiger partial charge is 0.338 e. The zero-order chi connectivity index (χ0) is 13.4. The molecule has 2 N–H and O–H groups in total. The Morgan fingerprint density at radius 1 is 1.28 bits per heavy atom. The van der Waals surface area contributed by atoms with Crippen molar-refractivity contribution in [3.05, 3.63) is 35.4 Å². The fraction of sp³-hybridized carbons (Fsp3) is 0.500. The quantitative estimate of drug-likeness (QED) is 0.754. The molecule has 4 heteroatoms. The molecule has 0 aliphatic heterocycles. The summed E-state index contributed by atoms with van der Waals surface area (Å²) >= 11 is 0. The monoisotopic (exact) mass is 249 g/mol. The topological polar surface area (TPSA) is 44.4 Å². The lowest BCUT2D eigenvalue weighted by Gasteiger charge is -2.10. The summed E-state index contributed by atoms with van der Waals surface area (Å²) in [5, 5.41) is 5.70. The van der Waals surface area contributed by atoms with Crippen molar-refractivity contribution in [3.8, 4) is 0 Å². The smallest absolute Gasteiger partial charge is 0.315 e. The Labute approximate surface area is 109 Å². The number of nitrogens with zero attached hydrogens (tertiary/aromatic N) is 1. The Kier molecular flexibility index (Phi) is 6.22. The summed E-state index contributed by atoms with van der Waals surface area (Å²) in [4.78, 5) is 13.6. The Morgan fingerprint density at radius 2 is 2.06 bits per heavy atom. The Morgan fingerprint density at radius 3 is 2.72 bits per heavy atom. The molecule has 0 spiro atoms. The van der Waals surface area contributed by atoms with Crippen molar-refractivity contribution in [2.75, 3.05) is 27.2 Å². The number of urea groups is 1. The van der Waals surface area contributed by atoms with Crippen LogP contribution in [0.25, 0.3) is 0 Å². The molecule has 0 bridgehead atoms. The van der Waals surface area contributed by atoms with E-state index in [9.17, 15) is 4.79 Å². The van der Waals surface area contributed by atoms with Crippen LogP contribution in [0.1, 0.15) is 17.5 Å². The molecule has 4 nitrogen and oxygen atoms in total. The molecule has 0 atom stereocenters. The van der Waals surface area contributed by atoms with E-state index >= 15 is 0 Å². The van der Waals surface area contributed by atoms with Crippen LogP contribution in [0.2, 0.25) is 0 Å². The van der Waals surface area contributed by atoms with Crippen LogP contribution in [-0.2, 0) is 6.54 Å². The van der Waals surface area contributed by atoms with Gasteiger partial charge in [-0.15, -0.1) is 0 Å². The van der Waals surface area contributed by atoms with E-state index in [0.29, 0.717) is 13.1 Å². The maximum atomic E-state index is 11.5. The zero-order valence-corrected chi connectivity index (χ0v) is 11.5. The fourth-order valence-electron chi connectivity index (χ4n) is 1.66. The summed E-state index contributed by atoms with van der Waals surface area (Å²) in [5.74, 6) is 0. The molecule has 2 amide bonds. The average Bonchev–Trinajstić information content (AvgIpc) is 2.32.